The topological polar surface area (TPSA) is 123 Å². The Hall–Kier alpha value is -2.23. The lowest BCUT2D eigenvalue weighted by Crippen LogP contribution is -2.26. The molecule has 0 aliphatic heterocycles. The Bertz CT molecular complexity index is 809. The molecule has 0 unspecified atom stereocenters. The van der Waals surface area contributed by atoms with Crippen LogP contribution in [0.3, 0.4) is 0 Å². The number of rotatable bonds is 5. The molecular weight excluding hydrogens is 290 g/mol. The fourth-order valence-corrected chi connectivity index (χ4v) is 2.27. The molecule has 0 amide bonds. The Labute approximate surface area is 112 Å². The van der Waals surface area contributed by atoms with Crippen LogP contribution in [0.4, 0.5) is 0 Å². The third kappa shape index (κ3) is 3.20. The molecule has 2 rings (SSSR count). The molecule has 0 aliphatic rings. The van der Waals surface area contributed by atoms with Crippen molar-refractivity contribution in [1.82, 2.24) is 4.89 Å². The van der Waals surface area contributed by atoms with Gasteiger partial charge in [0.05, 0.1) is 4.90 Å². The van der Waals surface area contributed by atoms with Crippen LogP contribution in [0.25, 0.3) is 11.0 Å². The van der Waals surface area contributed by atoms with Crippen molar-refractivity contribution < 1.29 is 27.6 Å². The number of hydrogen-bond acceptors (Lipinski definition) is 6. The van der Waals surface area contributed by atoms with Crippen molar-refractivity contribution in [3.8, 4) is 0 Å². The monoisotopic (exact) mass is 299 g/mol. The van der Waals surface area contributed by atoms with Gasteiger partial charge in [-0.15, -0.1) is 0 Å². The van der Waals surface area contributed by atoms with Crippen LogP contribution in [0.2, 0.25) is 0 Å². The van der Waals surface area contributed by atoms with Gasteiger partial charge in [0.15, 0.2) is 6.61 Å². The molecule has 0 fully saturated rings. The molecule has 106 valence electrons. The number of sulfonamides is 1. The first kappa shape index (κ1) is 14.2. The number of benzene rings is 1. The number of fused-ring (bicyclic) bond motifs is 1. The van der Waals surface area contributed by atoms with Crippen molar-refractivity contribution in [3.05, 3.63) is 40.8 Å². The van der Waals surface area contributed by atoms with Crippen LogP contribution in [0, 0.1) is 0 Å². The first-order valence-corrected chi connectivity index (χ1v) is 6.76. The van der Waals surface area contributed by atoms with Crippen LogP contribution in [0.5, 0.6) is 0 Å². The summed E-state index contributed by atoms with van der Waals surface area (Å²) >= 11 is 0. The number of hydrogen-bond donors (Lipinski definition) is 2. The summed E-state index contributed by atoms with van der Waals surface area (Å²) in [6.45, 7) is -0.804. The summed E-state index contributed by atoms with van der Waals surface area (Å²) in [5.74, 6) is -1.31. The molecular formula is C11H9NO7S. The minimum absolute atomic E-state index is 0.149. The summed E-state index contributed by atoms with van der Waals surface area (Å²) in [5, 5.41) is 8.75. The van der Waals surface area contributed by atoms with Crippen LogP contribution in [0.1, 0.15) is 0 Å². The molecule has 20 heavy (non-hydrogen) atoms. The molecule has 2 N–H and O–H groups in total. The average molecular weight is 299 g/mol. The van der Waals surface area contributed by atoms with E-state index in [1.165, 1.54) is 24.3 Å². The molecule has 0 spiro atoms. The van der Waals surface area contributed by atoms with Crippen LogP contribution in [-0.2, 0) is 19.7 Å². The fraction of sp³-hybridized carbons (Fsp3) is 0.0909. The summed E-state index contributed by atoms with van der Waals surface area (Å²) in [5.41, 5.74) is -0.307. The first-order valence-electron chi connectivity index (χ1n) is 5.28. The molecule has 0 saturated carbocycles. The second kappa shape index (κ2) is 5.41. The highest BCUT2D eigenvalue weighted by Crippen LogP contribution is 2.17. The molecule has 0 aliphatic carbocycles. The van der Waals surface area contributed by atoms with Crippen molar-refractivity contribution in [2.24, 2.45) is 0 Å². The van der Waals surface area contributed by atoms with Crippen molar-refractivity contribution in [3.63, 3.8) is 0 Å². The Morgan fingerprint density at radius 2 is 2.05 bits per heavy atom. The standard InChI is InChI=1S/C11H9NO7S/c13-10(14)6-18-12-20(16,17)8-2-3-9-7(5-8)1-4-11(15)19-9/h1-5,12H,6H2,(H,13,14). The van der Waals surface area contributed by atoms with E-state index in [9.17, 15) is 18.0 Å². The normalized spacial score (nSPS) is 11.6. The van der Waals surface area contributed by atoms with Crippen LogP contribution in [0.15, 0.2) is 44.4 Å². The summed E-state index contributed by atoms with van der Waals surface area (Å²) < 4.78 is 28.5. The Balaban J connectivity index is 2.30. The SMILES string of the molecule is O=C(O)CONS(=O)(=O)c1ccc2oc(=O)ccc2c1. The number of carboxylic acid groups (broad SMARTS) is 1. The molecule has 0 atom stereocenters. The van der Waals surface area contributed by atoms with E-state index in [2.05, 4.69) is 4.84 Å². The van der Waals surface area contributed by atoms with E-state index >= 15 is 0 Å². The zero-order chi connectivity index (χ0) is 14.8. The lowest BCUT2D eigenvalue weighted by Gasteiger charge is -2.06. The van der Waals surface area contributed by atoms with E-state index in [0.717, 1.165) is 6.07 Å². The summed E-state index contributed by atoms with van der Waals surface area (Å²) in [6.07, 6.45) is 0. The molecule has 2 aromatic rings. The highest BCUT2D eigenvalue weighted by atomic mass is 32.2. The molecule has 0 radical (unpaired) electrons. The van der Waals surface area contributed by atoms with Gasteiger partial charge >= 0.3 is 11.6 Å². The maximum atomic E-state index is 11.8. The van der Waals surface area contributed by atoms with Gasteiger partial charge in [0.1, 0.15) is 5.58 Å². The molecule has 1 aromatic carbocycles. The zero-order valence-corrected chi connectivity index (χ0v) is 10.7. The quantitative estimate of drug-likeness (QED) is 0.592. The van der Waals surface area contributed by atoms with Crippen molar-refractivity contribution in [1.29, 1.82) is 0 Å². The van der Waals surface area contributed by atoms with Gasteiger partial charge in [-0.2, -0.15) is 0 Å². The minimum atomic E-state index is -4.01. The van der Waals surface area contributed by atoms with Gasteiger partial charge in [0.2, 0.25) is 0 Å². The third-order valence-electron chi connectivity index (χ3n) is 2.27. The molecule has 8 nitrogen and oxygen atoms in total. The molecule has 0 saturated heterocycles. The zero-order valence-electron chi connectivity index (χ0n) is 9.90. The molecule has 0 bridgehead atoms. The Morgan fingerprint density at radius 3 is 2.75 bits per heavy atom. The molecule has 9 heteroatoms. The van der Waals surface area contributed by atoms with E-state index in [1.807, 2.05) is 0 Å². The van der Waals surface area contributed by atoms with Gasteiger partial charge in [-0.1, -0.05) is 4.89 Å². The Morgan fingerprint density at radius 1 is 1.30 bits per heavy atom. The first-order chi connectivity index (χ1) is 9.38. The number of carbonyl (C=O) groups is 1. The lowest BCUT2D eigenvalue weighted by atomic mass is 10.2. The van der Waals surface area contributed by atoms with Gasteiger partial charge in [-0.05, 0) is 24.3 Å². The predicted octanol–water partition coefficient (Wildman–Crippen LogP) is 0.0875. The highest BCUT2D eigenvalue weighted by molar-refractivity contribution is 7.89. The minimum Gasteiger partial charge on any atom is -0.479 e. The second-order valence-corrected chi connectivity index (χ2v) is 5.37. The maximum Gasteiger partial charge on any atom is 0.336 e. The maximum absolute atomic E-state index is 11.8. The van der Waals surface area contributed by atoms with Crippen molar-refractivity contribution >= 4 is 27.0 Å². The number of aliphatic carboxylic acids is 1. The van der Waals surface area contributed by atoms with Crippen LogP contribution < -0.4 is 10.5 Å². The molecule has 1 heterocycles. The van der Waals surface area contributed by atoms with Crippen molar-refractivity contribution in [2.75, 3.05) is 6.61 Å². The number of carboxylic acids is 1. The van der Waals surface area contributed by atoms with Crippen LogP contribution >= 0.6 is 0 Å². The van der Waals surface area contributed by atoms with E-state index in [-0.39, 0.29) is 10.5 Å². The average Bonchev–Trinajstić information content (AvgIpc) is 2.37. The summed E-state index contributed by atoms with van der Waals surface area (Å²) in [6, 6.07) is 6.37. The highest BCUT2D eigenvalue weighted by Gasteiger charge is 2.15. The smallest absolute Gasteiger partial charge is 0.336 e. The van der Waals surface area contributed by atoms with Gasteiger partial charge in [-0.3, -0.25) is 4.84 Å². The van der Waals surface area contributed by atoms with E-state index < -0.39 is 28.2 Å². The summed E-state index contributed by atoms with van der Waals surface area (Å²) in [7, 11) is -4.01. The second-order valence-electron chi connectivity index (χ2n) is 3.72. The molecule has 1 aromatic heterocycles. The van der Waals surface area contributed by atoms with Gasteiger partial charge < -0.3 is 9.52 Å². The number of nitrogens with one attached hydrogen (secondary N) is 1. The van der Waals surface area contributed by atoms with Crippen molar-refractivity contribution in [2.45, 2.75) is 4.90 Å². The Kier molecular flexibility index (Phi) is 3.84. The van der Waals surface area contributed by atoms with E-state index in [0.29, 0.717) is 5.39 Å². The van der Waals surface area contributed by atoms with Crippen LogP contribution in [-0.4, -0.2) is 26.1 Å². The largest absolute Gasteiger partial charge is 0.479 e. The van der Waals surface area contributed by atoms with E-state index in [4.69, 9.17) is 9.52 Å². The van der Waals surface area contributed by atoms with E-state index in [1.54, 1.807) is 4.89 Å². The van der Waals surface area contributed by atoms with Gasteiger partial charge in [0, 0.05) is 11.5 Å². The third-order valence-corrected chi connectivity index (χ3v) is 3.48. The lowest BCUT2D eigenvalue weighted by molar-refractivity contribution is -0.143. The van der Waals surface area contributed by atoms with Gasteiger partial charge in [0.25, 0.3) is 10.0 Å². The summed E-state index contributed by atoms with van der Waals surface area (Å²) in [4.78, 5) is 27.1. The van der Waals surface area contributed by atoms with Gasteiger partial charge in [-0.25, -0.2) is 18.0 Å². The fourth-order valence-electron chi connectivity index (χ4n) is 1.43. The predicted molar refractivity (Wildman–Crippen MR) is 66.4 cm³/mol.